The molecule has 0 saturated carbocycles. The molecule has 1 atom stereocenters. The molecule has 4 N–H and O–H groups in total. The standard InChI is InChI=1S/2C22H17N5.C14H26O4/c2*1-3-10-18(11-4-1)26-24-22(25-27(26)19-12-5-2-6-13-19)21-16-15-17-9-7-8-14-20(17)23-21;1-4-7-8-9-10-11(12(15)16)14(5-2,6-3)13(17)18/h2*1-16H,(H,24,25);11H,4-10H2,1-3H3,(H,15,16)(H,17,18). The third-order valence-electron chi connectivity index (χ3n) is 13.0. The quantitative estimate of drug-likeness (QED) is 0.0728. The maximum atomic E-state index is 11.3. The first-order chi connectivity index (χ1) is 35.2. The Bertz CT molecular complexity index is 2920. The van der Waals surface area contributed by atoms with Crippen LogP contribution in [0.3, 0.4) is 0 Å². The number of rotatable bonds is 16. The van der Waals surface area contributed by atoms with E-state index in [4.69, 9.17) is 20.2 Å². The highest BCUT2D eigenvalue weighted by atomic mass is 16.4. The molecule has 2 aliphatic heterocycles. The number of carboxylic acid groups (broad SMARTS) is 2. The van der Waals surface area contributed by atoms with Crippen LogP contribution in [0.15, 0.2) is 204 Å². The van der Waals surface area contributed by atoms with Gasteiger partial charge in [-0.2, -0.15) is 10.9 Å². The molecule has 4 heterocycles. The number of quaternary nitrogens is 2. The minimum absolute atomic E-state index is 0.262. The number of nitrogens with zero attached hydrogens (tertiary/aromatic N) is 8. The summed E-state index contributed by atoms with van der Waals surface area (Å²) in [7, 11) is 0. The van der Waals surface area contributed by atoms with Crippen LogP contribution in [0.1, 0.15) is 77.1 Å². The fourth-order valence-electron chi connectivity index (χ4n) is 8.93. The van der Waals surface area contributed by atoms with Gasteiger partial charge in [-0.3, -0.25) is 0 Å². The number of carboxylic acids is 2. The maximum Gasteiger partial charge on any atom is 0.295 e. The molecule has 0 spiro atoms. The second-order valence-electron chi connectivity index (χ2n) is 17.5. The third kappa shape index (κ3) is 11.6. The average molecular weight is 961 g/mol. The molecule has 10 rings (SSSR count). The summed E-state index contributed by atoms with van der Waals surface area (Å²) in [6.07, 6.45) is 4.63. The SMILES string of the molecule is CCCCCCC(C(=O)[O-])C(CC)(CC)C(=O)[O-].c1ccc(N2N=C(c3ccc4ccccc4n3)[NH2+]N2c2ccccc2)cc1.c1ccc(N2N=C(c3ccc4ccccc4n3)[NH2+]N2c2ccccc2)cc1. The van der Waals surface area contributed by atoms with Gasteiger partial charge in [-0.25, -0.2) is 9.97 Å². The number of hydrogen-bond donors (Lipinski definition) is 2. The van der Waals surface area contributed by atoms with Crippen molar-refractivity contribution >= 4 is 68.2 Å². The molecular weight excluding hydrogens is 901 g/mol. The third-order valence-corrected chi connectivity index (χ3v) is 13.0. The number of para-hydroxylation sites is 6. The van der Waals surface area contributed by atoms with E-state index in [9.17, 15) is 19.8 Å². The number of hydrogen-bond acceptors (Lipinski definition) is 12. The number of nitrogens with two attached hydrogens (primary N) is 2. The van der Waals surface area contributed by atoms with Gasteiger partial charge in [0.2, 0.25) is 0 Å². The minimum atomic E-state index is -1.29. The molecule has 366 valence electrons. The number of hydrazone groups is 2. The van der Waals surface area contributed by atoms with Gasteiger partial charge in [0.1, 0.15) is 22.8 Å². The van der Waals surface area contributed by atoms with E-state index in [1.54, 1.807) is 13.8 Å². The van der Waals surface area contributed by atoms with Crippen molar-refractivity contribution in [3.05, 3.63) is 206 Å². The number of aliphatic carboxylic acids is 2. The average Bonchev–Trinajstić information content (AvgIpc) is 4.10. The lowest BCUT2D eigenvalue weighted by Gasteiger charge is -2.41. The van der Waals surface area contributed by atoms with Crippen LogP contribution in [-0.2, 0) is 9.59 Å². The van der Waals surface area contributed by atoms with Gasteiger partial charge in [0.05, 0.1) is 22.4 Å². The Labute approximate surface area is 420 Å². The Hall–Kier alpha value is -8.46. The van der Waals surface area contributed by atoms with E-state index in [-0.39, 0.29) is 12.8 Å². The molecular formula is C58H60N10O4. The summed E-state index contributed by atoms with van der Waals surface area (Å²) in [6.45, 7) is 5.46. The summed E-state index contributed by atoms with van der Waals surface area (Å²) < 4.78 is 0. The molecule has 8 aromatic rings. The number of fused-ring (bicyclic) bond motifs is 2. The molecule has 14 nitrogen and oxygen atoms in total. The highest BCUT2D eigenvalue weighted by molar-refractivity contribution is 5.95. The van der Waals surface area contributed by atoms with Crippen molar-refractivity contribution in [1.29, 1.82) is 0 Å². The number of amidine groups is 2. The van der Waals surface area contributed by atoms with Gasteiger partial charge >= 0.3 is 0 Å². The van der Waals surface area contributed by atoms with Crippen LogP contribution in [0.25, 0.3) is 21.8 Å². The molecule has 72 heavy (non-hydrogen) atoms. The Balaban J connectivity index is 0.000000149. The lowest BCUT2D eigenvalue weighted by Crippen LogP contribution is -2.96. The van der Waals surface area contributed by atoms with E-state index < -0.39 is 23.3 Å². The number of aromatic nitrogens is 2. The molecule has 0 fully saturated rings. The second-order valence-corrected chi connectivity index (χ2v) is 17.5. The zero-order chi connectivity index (χ0) is 50.3. The Morgan fingerprint density at radius 2 is 0.875 bits per heavy atom. The van der Waals surface area contributed by atoms with Crippen LogP contribution in [-0.4, -0.2) is 33.6 Å². The van der Waals surface area contributed by atoms with Gasteiger partial charge < -0.3 is 19.8 Å². The maximum absolute atomic E-state index is 11.3. The number of pyridine rings is 2. The number of carbonyl (C=O) groups excluding carboxylic acids is 2. The van der Waals surface area contributed by atoms with Crippen molar-refractivity contribution in [3.8, 4) is 0 Å². The normalized spacial score (nSPS) is 13.7. The molecule has 14 heteroatoms. The number of benzene rings is 6. The van der Waals surface area contributed by atoms with E-state index in [0.717, 1.165) is 93.3 Å². The van der Waals surface area contributed by atoms with Crippen LogP contribution in [0.2, 0.25) is 0 Å². The summed E-state index contributed by atoms with van der Waals surface area (Å²) in [6, 6.07) is 65.1. The molecule has 0 radical (unpaired) electrons. The largest absolute Gasteiger partial charge is 0.550 e. The summed E-state index contributed by atoms with van der Waals surface area (Å²) in [5, 5.41) is 42.4. The molecule has 0 saturated heterocycles. The number of unbranched alkanes of at least 4 members (excludes halogenated alkanes) is 3. The zero-order valence-corrected chi connectivity index (χ0v) is 40.9. The van der Waals surface area contributed by atoms with Gasteiger partial charge in [-0.1, -0.05) is 178 Å². The topological polar surface area (TPSA) is 177 Å². The smallest absolute Gasteiger partial charge is 0.295 e. The van der Waals surface area contributed by atoms with Crippen molar-refractivity contribution in [1.82, 2.24) is 9.97 Å². The summed E-state index contributed by atoms with van der Waals surface area (Å²) in [5.41, 5.74) is 10.5. The Morgan fingerprint density at radius 1 is 0.486 bits per heavy atom. The van der Waals surface area contributed by atoms with Gasteiger partial charge in [0.15, 0.2) is 0 Å². The number of hydrazine groups is 2. The van der Waals surface area contributed by atoms with E-state index in [2.05, 4.69) is 55.5 Å². The van der Waals surface area contributed by atoms with E-state index in [1.165, 1.54) is 0 Å². The van der Waals surface area contributed by atoms with E-state index >= 15 is 0 Å². The fourth-order valence-corrected chi connectivity index (χ4v) is 8.93. The minimum Gasteiger partial charge on any atom is -0.550 e. The van der Waals surface area contributed by atoms with Gasteiger partial charge in [-0.05, 0) is 92.1 Å². The van der Waals surface area contributed by atoms with Gasteiger partial charge in [-0.15, -0.1) is 20.5 Å². The van der Waals surface area contributed by atoms with Crippen LogP contribution in [0.4, 0.5) is 22.7 Å². The Kier molecular flexibility index (Phi) is 16.6. The first-order valence-corrected chi connectivity index (χ1v) is 24.6. The van der Waals surface area contributed by atoms with Crippen molar-refractivity contribution < 1.29 is 30.7 Å². The first kappa shape index (κ1) is 49.9. The van der Waals surface area contributed by atoms with Crippen molar-refractivity contribution in [2.24, 2.45) is 21.5 Å². The fraction of sp³-hybridized carbons (Fsp3) is 0.207. The lowest BCUT2D eigenvalue weighted by atomic mass is 9.69. The van der Waals surface area contributed by atoms with Gasteiger partial charge in [0, 0.05) is 34.0 Å². The van der Waals surface area contributed by atoms with Crippen LogP contribution in [0.5, 0.6) is 0 Å². The Morgan fingerprint density at radius 3 is 1.25 bits per heavy atom. The molecule has 0 amide bonds. The second kappa shape index (κ2) is 23.9. The van der Waals surface area contributed by atoms with Crippen LogP contribution >= 0.6 is 0 Å². The highest BCUT2D eigenvalue weighted by Gasteiger charge is 2.38. The molecule has 2 aliphatic rings. The monoisotopic (exact) mass is 960 g/mol. The van der Waals surface area contributed by atoms with Crippen LogP contribution < -0.4 is 41.5 Å². The van der Waals surface area contributed by atoms with E-state index in [0.29, 0.717) is 6.42 Å². The van der Waals surface area contributed by atoms with Crippen molar-refractivity contribution in [2.45, 2.75) is 65.7 Å². The predicted octanol–water partition coefficient (Wildman–Crippen LogP) is 7.51. The molecule has 6 aromatic carbocycles. The lowest BCUT2D eigenvalue weighted by molar-refractivity contribution is -0.546. The number of anilines is 4. The first-order valence-electron chi connectivity index (χ1n) is 24.6. The highest BCUT2D eigenvalue weighted by Crippen LogP contribution is 2.38. The van der Waals surface area contributed by atoms with Gasteiger partial charge in [0.25, 0.3) is 11.7 Å². The molecule has 0 bridgehead atoms. The predicted molar refractivity (Wildman–Crippen MR) is 281 cm³/mol. The summed E-state index contributed by atoms with van der Waals surface area (Å²) in [5.74, 6) is -1.83. The summed E-state index contributed by atoms with van der Waals surface area (Å²) >= 11 is 0. The van der Waals surface area contributed by atoms with E-state index in [1.807, 2.05) is 177 Å². The molecule has 2 aromatic heterocycles. The zero-order valence-electron chi connectivity index (χ0n) is 40.9. The molecule has 1 unspecified atom stereocenters. The van der Waals surface area contributed by atoms with Crippen molar-refractivity contribution in [3.63, 3.8) is 0 Å². The summed E-state index contributed by atoms with van der Waals surface area (Å²) in [4.78, 5) is 32.1. The number of carbonyl (C=O) groups is 2. The van der Waals surface area contributed by atoms with Crippen LogP contribution in [0, 0.1) is 11.3 Å². The molecule has 0 aliphatic carbocycles. The van der Waals surface area contributed by atoms with Crippen molar-refractivity contribution in [2.75, 3.05) is 20.5 Å².